The maximum atomic E-state index is 11.9. The van der Waals surface area contributed by atoms with Gasteiger partial charge >= 0.3 is 0 Å². The van der Waals surface area contributed by atoms with Gasteiger partial charge in [-0.2, -0.15) is 0 Å². The monoisotopic (exact) mass is 391 g/mol. The van der Waals surface area contributed by atoms with E-state index < -0.39 is 10.8 Å². The fraction of sp³-hybridized carbons (Fsp3) is 0.263. The van der Waals surface area contributed by atoms with Gasteiger partial charge in [0.2, 0.25) is 0 Å². The Labute approximate surface area is 160 Å². The SMILES string of the molecule is COc1cc(Cl)c([N+](=O)[O-])c(C(c2ccc(C)o2)c2ccc(C)o2)c1OC. The van der Waals surface area contributed by atoms with Gasteiger partial charge in [0.05, 0.1) is 24.7 Å². The van der Waals surface area contributed by atoms with Crippen LogP contribution in [-0.2, 0) is 0 Å². The zero-order valence-electron chi connectivity index (χ0n) is 15.2. The molecule has 27 heavy (non-hydrogen) atoms. The molecule has 0 radical (unpaired) electrons. The number of nitro groups is 1. The molecule has 1 aromatic carbocycles. The summed E-state index contributed by atoms with van der Waals surface area (Å²) < 4.78 is 22.4. The highest BCUT2D eigenvalue weighted by atomic mass is 35.5. The van der Waals surface area contributed by atoms with Crippen molar-refractivity contribution in [1.82, 2.24) is 0 Å². The average Bonchev–Trinajstić information content (AvgIpc) is 3.23. The third-order valence-electron chi connectivity index (χ3n) is 4.19. The molecule has 0 fully saturated rings. The maximum Gasteiger partial charge on any atom is 0.296 e. The second kappa shape index (κ2) is 7.36. The number of benzene rings is 1. The Bertz CT molecular complexity index is 950. The molecule has 2 heterocycles. The van der Waals surface area contributed by atoms with Gasteiger partial charge in [-0.15, -0.1) is 0 Å². The van der Waals surface area contributed by atoms with E-state index in [9.17, 15) is 10.1 Å². The zero-order valence-corrected chi connectivity index (χ0v) is 16.0. The first-order chi connectivity index (χ1) is 12.9. The number of methoxy groups -OCH3 is 2. The molecule has 0 unspecified atom stereocenters. The van der Waals surface area contributed by atoms with E-state index in [0.29, 0.717) is 23.0 Å². The summed E-state index contributed by atoms with van der Waals surface area (Å²) in [7, 11) is 2.85. The van der Waals surface area contributed by atoms with Gasteiger partial charge in [0, 0.05) is 6.07 Å². The first-order valence-corrected chi connectivity index (χ1v) is 8.46. The lowest BCUT2D eigenvalue weighted by Gasteiger charge is -2.19. The summed E-state index contributed by atoms with van der Waals surface area (Å²) in [5.41, 5.74) is -0.0852. The molecule has 0 N–H and O–H groups in total. The normalized spacial score (nSPS) is 11.0. The number of halogens is 1. The van der Waals surface area contributed by atoms with Crippen LogP contribution in [0.4, 0.5) is 5.69 Å². The molecule has 0 aliphatic heterocycles. The Morgan fingerprint density at radius 2 is 1.59 bits per heavy atom. The summed E-state index contributed by atoms with van der Waals surface area (Å²) >= 11 is 6.23. The second-order valence-corrected chi connectivity index (χ2v) is 6.35. The van der Waals surface area contributed by atoms with E-state index >= 15 is 0 Å². The molecule has 7 nitrogen and oxygen atoms in total. The average molecular weight is 392 g/mol. The Morgan fingerprint density at radius 3 is 1.96 bits per heavy atom. The van der Waals surface area contributed by atoms with Gasteiger partial charge in [-0.3, -0.25) is 10.1 Å². The summed E-state index contributed by atoms with van der Waals surface area (Å²) in [5.74, 6) is 1.99. The summed E-state index contributed by atoms with van der Waals surface area (Å²) in [6.45, 7) is 3.58. The number of aryl methyl sites for hydroxylation is 2. The van der Waals surface area contributed by atoms with Crippen LogP contribution >= 0.6 is 11.6 Å². The van der Waals surface area contributed by atoms with Crippen LogP contribution in [0.1, 0.15) is 34.5 Å². The van der Waals surface area contributed by atoms with Crippen molar-refractivity contribution in [3.63, 3.8) is 0 Å². The van der Waals surface area contributed by atoms with Crippen molar-refractivity contribution < 1.29 is 23.2 Å². The summed E-state index contributed by atoms with van der Waals surface area (Å²) in [6.07, 6.45) is 0. The molecule has 0 saturated carbocycles. The molecule has 2 aromatic heterocycles. The van der Waals surface area contributed by atoms with Crippen molar-refractivity contribution in [2.75, 3.05) is 14.2 Å². The number of furan rings is 2. The molecule has 0 atom stereocenters. The molecule has 0 aliphatic rings. The predicted molar refractivity (Wildman–Crippen MR) is 99.0 cm³/mol. The Morgan fingerprint density at radius 1 is 1.04 bits per heavy atom. The number of rotatable bonds is 6. The van der Waals surface area contributed by atoms with Crippen molar-refractivity contribution in [1.29, 1.82) is 0 Å². The van der Waals surface area contributed by atoms with Crippen LogP contribution in [0.15, 0.2) is 39.2 Å². The molecule has 3 aromatic rings. The lowest BCUT2D eigenvalue weighted by Crippen LogP contribution is -2.09. The number of hydrogen-bond donors (Lipinski definition) is 0. The fourth-order valence-electron chi connectivity index (χ4n) is 3.08. The van der Waals surface area contributed by atoms with Gasteiger partial charge in [-0.1, -0.05) is 11.6 Å². The largest absolute Gasteiger partial charge is 0.493 e. The van der Waals surface area contributed by atoms with E-state index in [1.165, 1.54) is 20.3 Å². The van der Waals surface area contributed by atoms with Crippen LogP contribution in [0, 0.1) is 24.0 Å². The molecular weight excluding hydrogens is 374 g/mol. The topological polar surface area (TPSA) is 87.9 Å². The third-order valence-corrected chi connectivity index (χ3v) is 4.48. The van der Waals surface area contributed by atoms with E-state index in [0.717, 1.165) is 0 Å². The van der Waals surface area contributed by atoms with Gasteiger partial charge in [-0.25, -0.2) is 0 Å². The van der Waals surface area contributed by atoms with E-state index in [1.807, 2.05) is 0 Å². The van der Waals surface area contributed by atoms with Gasteiger partial charge in [-0.05, 0) is 38.1 Å². The molecule has 3 rings (SSSR count). The van der Waals surface area contributed by atoms with Crippen molar-refractivity contribution in [2.24, 2.45) is 0 Å². The van der Waals surface area contributed by atoms with Crippen LogP contribution in [0.2, 0.25) is 5.02 Å². The Kier molecular flexibility index (Phi) is 5.14. The highest BCUT2D eigenvalue weighted by Crippen LogP contribution is 2.50. The van der Waals surface area contributed by atoms with Crippen molar-refractivity contribution in [3.8, 4) is 11.5 Å². The lowest BCUT2D eigenvalue weighted by molar-refractivity contribution is -0.385. The van der Waals surface area contributed by atoms with Gasteiger partial charge < -0.3 is 18.3 Å². The Balaban J connectivity index is 2.40. The number of nitrogens with zero attached hydrogens (tertiary/aromatic N) is 1. The minimum absolute atomic E-state index is 0.0655. The highest BCUT2D eigenvalue weighted by molar-refractivity contribution is 6.33. The number of ether oxygens (including phenoxy) is 2. The molecule has 8 heteroatoms. The minimum atomic E-state index is -0.740. The maximum absolute atomic E-state index is 11.9. The molecular formula is C19H18ClNO6. The first-order valence-electron chi connectivity index (χ1n) is 8.08. The summed E-state index contributed by atoms with van der Waals surface area (Å²) in [5, 5.41) is 11.8. The minimum Gasteiger partial charge on any atom is -0.493 e. The van der Waals surface area contributed by atoms with Crippen LogP contribution in [0.5, 0.6) is 11.5 Å². The van der Waals surface area contributed by atoms with Crippen molar-refractivity contribution in [2.45, 2.75) is 19.8 Å². The molecule has 0 bridgehead atoms. The van der Waals surface area contributed by atoms with E-state index in [2.05, 4.69) is 0 Å². The van der Waals surface area contributed by atoms with Crippen molar-refractivity contribution >= 4 is 17.3 Å². The van der Waals surface area contributed by atoms with Crippen LogP contribution < -0.4 is 9.47 Å². The van der Waals surface area contributed by atoms with Crippen LogP contribution in [0.25, 0.3) is 0 Å². The number of nitro benzene ring substituents is 1. The van der Waals surface area contributed by atoms with Crippen molar-refractivity contribution in [3.05, 3.63) is 74.1 Å². The summed E-state index contributed by atoms with van der Waals surface area (Å²) in [4.78, 5) is 11.3. The van der Waals surface area contributed by atoms with E-state index in [4.69, 9.17) is 29.9 Å². The van der Waals surface area contributed by atoms with Gasteiger partial charge in [0.25, 0.3) is 5.69 Å². The van der Waals surface area contributed by atoms with Gasteiger partial charge in [0.15, 0.2) is 11.5 Å². The van der Waals surface area contributed by atoms with Gasteiger partial charge in [0.1, 0.15) is 34.0 Å². The predicted octanol–water partition coefficient (Wildman–Crippen LogP) is 5.25. The molecule has 0 aliphatic carbocycles. The smallest absolute Gasteiger partial charge is 0.296 e. The first kappa shape index (κ1) is 18.8. The summed E-state index contributed by atoms with van der Waals surface area (Å²) in [6, 6.07) is 8.40. The quantitative estimate of drug-likeness (QED) is 0.421. The third kappa shape index (κ3) is 3.38. The number of hydrogen-bond acceptors (Lipinski definition) is 6. The van der Waals surface area contributed by atoms with E-state index in [1.54, 1.807) is 38.1 Å². The highest BCUT2D eigenvalue weighted by Gasteiger charge is 2.37. The lowest BCUT2D eigenvalue weighted by atomic mass is 9.91. The molecule has 142 valence electrons. The molecule has 0 saturated heterocycles. The molecule has 0 spiro atoms. The van der Waals surface area contributed by atoms with Crippen LogP contribution in [0.3, 0.4) is 0 Å². The fourth-order valence-corrected chi connectivity index (χ4v) is 3.35. The van der Waals surface area contributed by atoms with E-state index in [-0.39, 0.29) is 27.8 Å². The Hall–Kier alpha value is -2.93. The standard InChI is InChI=1S/C19H18ClNO6/c1-10-5-7-13(26-10)16(14-8-6-11(2)27-14)17-18(21(22)23)12(20)9-15(24-3)19(17)25-4/h5-9,16H,1-4H3. The van der Waals surface area contributed by atoms with Crippen LogP contribution in [-0.4, -0.2) is 19.1 Å². The second-order valence-electron chi connectivity index (χ2n) is 5.94. The zero-order chi connectivity index (χ0) is 19.7. The molecule has 0 amide bonds.